The third kappa shape index (κ3) is 4.22. The largest absolute Gasteiger partial charge is 0.496 e. The van der Waals surface area contributed by atoms with Gasteiger partial charge in [0.15, 0.2) is 0 Å². The summed E-state index contributed by atoms with van der Waals surface area (Å²) in [6.45, 7) is 2.81. The van der Waals surface area contributed by atoms with Gasteiger partial charge in [0.2, 0.25) is 0 Å². The van der Waals surface area contributed by atoms with Gasteiger partial charge in [0.05, 0.1) is 17.3 Å². The Hall–Kier alpha value is -2.73. The highest BCUT2D eigenvalue weighted by atomic mass is 32.1. The minimum Gasteiger partial charge on any atom is -0.496 e. The van der Waals surface area contributed by atoms with Crippen molar-refractivity contribution in [3.8, 4) is 16.3 Å². The van der Waals surface area contributed by atoms with E-state index in [0.717, 1.165) is 41.5 Å². The van der Waals surface area contributed by atoms with Gasteiger partial charge in [-0.05, 0) is 36.6 Å². The fraction of sp³-hybridized carbons (Fsp3) is 0.269. The molecule has 1 aliphatic heterocycles. The van der Waals surface area contributed by atoms with Gasteiger partial charge in [-0.3, -0.25) is 0 Å². The third-order valence-electron chi connectivity index (χ3n) is 6.08. The van der Waals surface area contributed by atoms with Crippen molar-refractivity contribution in [2.24, 2.45) is 5.92 Å². The molecule has 0 spiro atoms. The van der Waals surface area contributed by atoms with E-state index in [9.17, 15) is 0 Å². The molecular formula is C26H27N3OS. The Morgan fingerprint density at radius 3 is 2.58 bits per heavy atom. The summed E-state index contributed by atoms with van der Waals surface area (Å²) in [4.78, 5) is 4.88. The molecule has 4 aromatic rings. The number of hydrogen-bond acceptors (Lipinski definition) is 5. The monoisotopic (exact) mass is 429 g/mol. The lowest BCUT2D eigenvalue weighted by Gasteiger charge is -2.21. The molecule has 4 nitrogen and oxygen atoms in total. The second-order valence-corrected chi connectivity index (χ2v) is 9.00. The van der Waals surface area contributed by atoms with Crippen molar-refractivity contribution in [1.82, 2.24) is 15.6 Å². The molecule has 1 unspecified atom stereocenters. The van der Waals surface area contributed by atoms with Crippen molar-refractivity contribution < 1.29 is 4.74 Å². The average Bonchev–Trinajstić information content (AvgIpc) is 3.47. The van der Waals surface area contributed by atoms with Gasteiger partial charge in [0.1, 0.15) is 10.8 Å². The lowest BCUT2D eigenvalue weighted by atomic mass is 9.94. The van der Waals surface area contributed by atoms with E-state index in [1.54, 1.807) is 18.4 Å². The van der Waals surface area contributed by atoms with Gasteiger partial charge in [0.25, 0.3) is 0 Å². The first kappa shape index (κ1) is 20.2. The normalized spacial score (nSPS) is 18.5. The van der Waals surface area contributed by atoms with Crippen LogP contribution in [0.3, 0.4) is 0 Å². The molecule has 1 aromatic heterocycles. The van der Waals surface area contributed by atoms with Gasteiger partial charge in [-0.15, -0.1) is 11.3 Å². The Balaban J connectivity index is 1.35. The van der Waals surface area contributed by atoms with Crippen LogP contribution >= 0.6 is 11.3 Å². The molecule has 5 heteroatoms. The maximum Gasteiger partial charge on any atom is 0.124 e. The van der Waals surface area contributed by atoms with Crippen molar-refractivity contribution in [3.05, 3.63) is 83.9 Å². The smallest absolute Gasteiger partial charge is 0.124 e. The van der Waals surface area contributed by atoms with Gasteiger partial charge >= 0.3 is 0 Å². The third-order valence-corrected chi connectivity index (χ3v) is 7.26. The second-order valence-electron chi connectivity index (χ2n) is 8.00. The topological polar surface area (TPSA) is 46.2 Å². The van der Waals surface area contributed by atoms with Gasteiger partial charge in [-0.2, -0.15) is 0 Å². The molecular weight excluding hydrogens is 402 g/mol. The summed E-state index contributed by atoms with van der Waals surface area (Å²) in [6.07, 6.45) is 1.19. The Morgan fingerprint density at radius 1 is 1.03 bits per heavy atom. The summed E-state index contributed by atoms with van der Waals surface area (Å²) in [6, 6.07) is 25.7. The molecule has 0 aliphatic carbocycles. The van der Waals surface area contributed by atoms with Crippen molar-refractivity contribution in [1.29, 1.82) is 0 Å². The fourth-order valence-corrected chi connectivity index (χ4v) is 5.61. The van der Waals surface area contributed by atoms with E-state index in [2.05, 4.69) is 71.3 Å². The van der Waals surface area contributed by atoms with E-state index in [1.807, 2.05) is 12.1 Å². The van der Waals surface area contributed by atoms with E-state index >= 15 is 0 Å². The standard InChI is InChI=1S/C26H27N3OS/c1-30-23-13-12-22-25(31-26(29-22)19-10-6-3-7-11-19)21(23)17-27-16-20-14-15-28-24(20)18-8-4-2-5-9-18/h2-13,20,24,27-28H,14-17H2,1H3/t20?,24-/m0/s1. The van der Waals surface area contributed by atoms with Crippen molar-refractivity contribution in [3.63, 3.8) is 0 Å². The molecule has 2 heterocycles. The van der Waals surface area contributed by atoms with Crippen LogP contribution in [0.4, 0.5) is 0 Å². The predicted octanol–water partition coefficient (Wildman–Crippen LogP) is 5.41. The van der Waals surface area contributed by atoms with Crippen molar-refractivity contribution in [2.45, 2.75) is 19.0 Å². The number of rotatable bonds is 7. The van der Waals surface area contributed by atoms with E-state index in [1.165, 1.54) is 22.2 Å². The molecule has 1 aliphatic rings. The molecule has 1 saturated heterocycles. The maximum atomic E-state index is 5.71. The molecule has 31 heavy (non-hydrogen) atoms. The first-order chi connectivity index (χ1) is 15.3. The van der Waals surface area contributed by atoms with Crippen molar-refractivity contribution in [2.75, 3.05) is 20.2 Å². The van der Waals surface area contributed by atoms with Gasteiger partial charge in [0, 0.05) is 30.3 Å². The Morgan fingerprint density at radius 2 is 1.81 bits per heavy atom. The van der Waals surface area contributed by atoms with E-state index < -0.39 is 0 Å². The summed E-state index contributed by atoms with van der Waals surface area (Å²) in [5.74, 6) is 1.50. The zero-order valence-electron chi connectivity index (χ0n) is 17.7. The lowest BCUT2D eigenvalue weighted by Crippen LogP contribution is -2.27. The zero-order valence-corrected chi connectivity index (χ0v) is 18.5. The molecule has 5 rings (SSSR count). The lowest BCUT2D eigenvalue weighted by molar-refractivity contribution is 0.401. The second kappa shape index (κ2) is 9.18. The minimum absolute atomic E-state index is 0.416. The molecule has 2 N–H and O–H groups in total. The molecule has 158 valence electrons. The van der Waals surface area contributed by atoms with E-state index in [-0.39, 0.29) is 0 Å². The van der Waals surface area contributed by atoms with Gasteiger partial charge in [-0.25, -0.2) is 4.98 Å². The molecule has 0 radical (unpaired) electrons. The number of hydrogen-bond donors (Lipinski definition) is 2. The first-order valence-corrected chi connectivity index (χ1v) is 11.7. The number of fused-ring (bicyclic) bond motifs is 1. The number of nitrogens with zero attached hydrogens (tertiary/aromatic N) is 1. The zero-order chi connectivity index (χ0) is 21.0. The predicted molar refractivity (Wildman–Crippen MR) is 129 cm³/mol. The van der Waals surface area contributed by atoms with Crippen LogP contribution in [-0.2, 0) is 6.54 Å². The molecule has 0 saturated carbocycles. The summed E-state index contributed by atoms with van der Waals surface area (Å²) in [5, 5.41) is 8.44. The fourth-order valence-electron chi connectivity index (χ4n) is 4.50. The molecule has 2 atom stereocenters. The van der Waals surface area contributed by atoms with Crippen LogP contribution in [0.25, 0.3) is 20.8 Å². The summed E-state index contributed by atoms with van der Waals surface area (Å²) >= 11 is 1.74. The molecule has 1 fully saturated rings. The number of methoxy groups -OCH3 is 1. The highest BCUT2D eigenvalue weighted by Gasteiger charge is 2.27. The number of nitrogens with one attached hydrogen (secondary N) is 2. The molecule has 0 bridgehead atoms. The molecule has 0 amide bonds. The summed E-state index contributed by atoms with van der Waals surface area (Å²) in [7, 11) is 1.75. The van der Waals surface area contributed by atoms with Crippen LogP contribution in [-0.4, -0.2) is 25.2 Å². The maximum absolute atomic E-state index is 5.71. The van der Waals surface area contributed by atoms with E-state index in [0.29, 0.717) is 12.0 Å². The van der Waals surface area contributed by atoms with Crippen LogP contribution in [0.15, 0.2) is 72.8 Å². The average molecular weight is 430 g/mol. The minimum atomic E-state index is 0.416. The van der Waals surface area contributed by atoms with Crippen LogP contribution in [0, 0.1) is 5.92 Å². The van der Waals surface area contributed by atoms with Crippen LogP contribution in [0.2, 0.25) is 0 Å². The quantitative estimate of drug-likeness (QED) is 0.412. The number of thiazole rings is 1. The van der Waals surface area contributed by atoms with Crippen molar-refractivity contribution >= 4 is 21.6 Å². The number of aromatic nitrogens is 1. The van der Waals surface area contributed by atoms with E-state index in [4.69, 9.17) is 9.72 Å². The Kier molecular flexibility index (Phi) is 5.98. The Bertz CT molecular complexity index is 1140. The summed E-state index contributed by atoms with van der Waals surface area (Å²) in [5.41, 5.74) is 4.76. The first-order valence-electron chi connectivity index (χ1n) is 10.8. The van der Waals surface area contributed by atoms with Gasteiger partial charge < -0.3 is 15.4 Å². The SMILES string of the molecule is COc1ccc2nc(-c3ccccc3)sc2c1CNCC1CCN[C@H]1c1ccccc1. The molecule has 3 aromatic carbocycles. The summed E-state index contributed by atoms with van der Waals surface area (Å²) < 4.78 is 6.91. The highest BCUT2D eigenvalue weighted by molar-refractivity contribution is 7.21. The highest BCUT2D eigenvalue weighted by Crippen LogP contribution is 2.36. The number of benzene rings is 3. The van der Waals surface area contributed by atoms with Crippen LogP contribution < -0.4 is 15.4 Å². The Labute approximate surface area is 187 Å². The van der Waals surface area contributed by atoms with Gasteiger partial charge in [-0.1, -0.05) is 60.7 Å². The van der Waals surface area contributed by atoms with Crippen LogP contribution in [0.5, 0.6) is 5.75 Å². The number of ether oxygens (including phenoxy) is 1. The van der Waals surface area contributed by atoms with Crippen LogP contribution in [0.1, 0.15) is 23.6 Å².